The van der Waals surface area contributed by atoms with Crippen molar-refractivity contribution in [3.05, 3.63) is 23.9 Å². The molecule has 1 atom stereocenters. The molecule has 0 saturated carbocycles. The first-order valence-corrected chi connectivity index (χ1v) is 6.58. The number of hydrogen-bond acceptors (Lipinski definition) is 4. The molecule has 1 unspecified atom stereocenters. The van der Waals surface area contributed by atoms with Crippen molar-refractivity contribution in [1.82, 2.24) is 10.3 Å². The molecule has 0 fully saturated rings. The number of pyridine rings is 1. The Morgan fingerprint density at radius 3 is 2.89 bits per heavy atom. The van der Waals surface area contributed by atoms with Crippen molar-refractivity contribution < 1.29 is 4.74 Å². The topological polar surface area (TPSA) is 37.4 Å². The van der Waals surface area contributed by atoms with Gasteiger partial charge in [0.2, 0.25) is 0 Å². The molecule has 0 aliphatic heterocycles. The molecule has 0 aromatic carbocycles. The van der Waals surface area contributed by atoms with Crippen LogP contribution in [0.1, 0.15) is 25.8 Å². The third-order valence-corrected chi connectivity index (χ3v) is 3.14. The van der Waals surface area contributed by atoms with Crippen LogP contribution in [0.25, 0.3) is 0 Å². The lowest BCUT2D eigenvalue weighted by atomic mass is 10.2. The molecule has 0 spiro atoms. The molecular formula is C14H25N3O. The highest BCUT2D eigenvalue weighted by Gasteiger charge is 2.14. The summed E-state index contributed by atoms with van der Waals surface area (Å²) in [4.78, 5) is 6.79. The Balaban J connectivity index is 2.85. The summed E-state index contributed by atoms with van der Waals surface area (Å²) in [5.74, 6) is 1.04. The smallest absolute Gasteiger partial charge is 0.129 e. The summed E-state index contributed by atoms with van der Waals surface area (Å²) in [6, 6.07) is 4.67. The third-order valence-electron chi connectivity index (χ3n) is 3.14. The Morgan fingerprint density at radius 2 is 2.28 bits per heavy atom. The zero-order valence-electron chi connectivity index (χ0n) is 11.9. The minimum Gasteiger partial charge on any atom is -0.383 e. The monoisotopic (exact) mass is 251 g/mol. The van der Waals surface area contributed by atoms with E-state index in [-0.39, 0.29) is 0 Å². The lowest BCUT2D eigenvalue weighted by Gasteiger charge is -2.29. The SMILES string of the molecule is CCC(C)N(CCOC)c1cc(CNC)ccn1. The predicted molar refractivity (Wildman–Crippen MR) is 76.0 cm³/mol. The van der Waals surface area contributed by atoms with Crippen LogP contribution in [0.15, 0.2) is 18.3 Å². The second-order valence-electron chi connectivity index (χ2n) is 4.50. The van der Waals surface area contributed by atoms with Crippen LogP contribution in [-0.2, 0) is 11.3 Å². The van der Waals surface area contributed by atoms with Crippen molar-refractivity contribution in [1.29, 1.82) is 0 Å². The van der Waals surface area contributed by atoms with Crippen LogP contribution in [0.4, 0.5) is 5.82 Å². The Kier molecular flexibility index (Phi) is 6.68. The van der Waals surface area contributed by atoms with E-state index in [1.165, 1.54) is 5.56 Å². The Hall–Kier alpha value is -1.13. The zero-order chi connectivity index (χ0) is 13.4. The van der Waals surface area contributed by atoms with Crippen LogP contribution in [-0.4, -0.2) is 38.3 Å². The maximum atomic E-state index is 5.18. The van der Waals surface area contributed by atoms with Gasteiger partial charge in [-0.2, -0.15) is 0 Å². The number of hydrogen-bond donors (Lipinski definition) is 1. The maximum Gasteiger partial charge on any atom is 0.129 e. The van der Waals surface area contributed by atoms with Crippen molar-refractivity contribution in [2.24, 2.45) is 0 Å². The number of methoxy groups -OCH3 is 1. The van der Waals surface area contributed by atoms with Crippen molar-refractivity contribution in [2.45, 2.75) is 32.9 Å². The average Bonchev–Trinajstić information content (AvgIpc) is 2.39. The van der Waals surface area contributed by atoms with Crippen LogP contribution < -0.4 is 10.2 Å². The van der Waals surface area contributed by atoms with Crippen LogP contribution in [0.2, 0.25) is 0 Å². The predicted octanol–water partition coefficient (Wildman–Crippen LogP) is 2.05. The van der Waals surface area contributed by atoms with E-state index in [9.17, 15) is 0 Å². The summed E-state index contributed by atoms with van der Waals surface area (Å²) in [7, 11) is 3.69. The molecular weight excluding hydrogens is 226 g/mol. The summed E-state index contributed by atoms with van der Waals surface area (Å²) in [6.07, 6.45) is 2.98. The summed E-state index contributed by atoms with van der Waals surface area (Å²) >= 11 is 0. The van der Waals surface area contributed by atoms with Crippen LogP contribution in [0, 0.1) is 0 Å². The van der Waals surface area contributed by atoms with E-state index in [2.05, 4.69) is 35.1 Å². The second kappa shape index (κ2) is 8.06. The molecule has 0 bridgehead atoms. The Labute approximate surface area is 110 Å². The largest absolute Gasteiger partial charge is 0.383 e. The fourth-order valence-electron chi connectivity index (χ4n) is 1.90. The van der Waals surface area contributed by atoms with E-state index in [4.69, 9.17) is 4.74 Å². The number of aromatic nitrogens is 1. The Morgan fingerprint density at radius 1 is 1.50 bits per heavy atom. The summed E-state index contributed by atoms with van der Waals surface area (Å²) in [6.45, 7) is 6.89. The minimum absolute atomic E-state index is 0.470. The minimum atomic E-state index is 0.470. The number of nitrogens with zero attached hydrogens (tertiary/aromatic N) is 2. The van der Waals surface area contributed by atoms with Gasteiger partial charge >= 0.3 is 0 Å². The van der Waals surface area contributed by atoms with Crippen LogP contribution in [0.5, 0.6) is 0 Å². The van der Waals surface area contributed by atoms with E-state index in [0.29, 0.717) is 6.04 Å². The summed E-state index contributed by atoms with van der Waals surface area (Å²) in [5, 5.41) is 3.17. The molecule has 18 heavy (non-hydrogen) atoms. The number of anilines is 1. The molecule has 0 amide bonds. The van der Waals surface area contributed by atoms with Crippen molar-refractivity contribution in [2.75, 3.05) is 32.2 Å². The molecule has 102 valence electrons. The van der Waals surface area contributed by atoms with Gasteiger partial charge in [-0.15, -0.1) is 0 Å². The van der Waals surface area contributed by atoms with Crippen LogP contribution in [0.3, 0.4) is 0 Å². The van der Waals surface area contributed by atoms with Crippen molar-refractivity contribution in [3.63, 3.8) is 0 Å². The van der Waals surface area contributed by atoms with Crippen molar-refractivity contribution >= 4 is 5.82 Å². The standard InChI is InChI=1S/C14H25N3O/c1-5-12(2)17(8-9-18-4)14-10-13(11-15-3)6-7-16-14/h6-7,10,12,15H,5,8-9,11H2,1-4H3. The molecule has 0 aliphatic rings. The molecule has 4 nitrogen and oxygen atoms in total. The van der Waals surface area contributed by atoms with Gasteiger partial charge in [-0.3, -0.25) is 0 Å². The fourth-order valence-corrected chi connectivity index (χ4v) is 1.90. The highest BCUT2D eigenvalue weighted by molar-refractivity contribution is 5.42. The van der Waals surface area contributed by atoms with Gasteiger partial charge in [0.15, 0.2) is 0 Å². The Bertz CT molecular complexity index is 344. The zero-order valence-corrected chi connectivity index (χ0v) is 11.9. The van der Waals surface area contributed by atoms with E-state index < -0.39 is 0 Å². The van der Waals surface area contributed by atoms with Gasteiger partial charge in [-0.25, -0.2) is 4.98 Å². The van der Waals surface area contributed by atoms with Gasteiger partial charge in [0, 0.05) is 32.4 Å². The second-order valence-corrected chi connectivity index (χ2v) is 4.50. The van der Waals surface area contributed by atoms with Crippen LogP contribution >= 0.6 is 0 Å². The molecule has 4 heteroatoms. The molecule has 1 N–H and O–H groups in total. The summed E-state index contributed by atoms with van der Waals surface area (Å²) in [5.41, 5.74) is 1.26. The number of rotatable bonds is 8. The lowest BCUT2D eigenvalue weighted by Crippen LogP contribution is -2.36. The normalized spacial score (nSPS) is 12.4. The molecule has 1 aromatic heterocycles. The van der Waals surface area contributed by atoms with E-state index in [1.54, 1.807) is 7.11 Å². The van der Waals surface area contributed by atoms with Crippen molar-refractivity contribution in [3.8, 4) is 0 Å². The van der Waals surface area contributed by atoms with Gasteiger partial charge in [-0.05, 0) is 38.1 Å². The van der Waals surface area contributed by atoms with Gasteiger partial charge in [0.25, 0.3) is 0 Å². The molecule has 1 heterocycles. The molecule has 1 rings (SSSR count). The first kappa shape index (κ1) is 14.9. The number of nitrogens with one attached hydrogen (secondary N) is 1. The highest BCUT2D eigenvalue weighted by atomic mass is 16.5. The van der Waals surface area contributed by atoms with E-state index in [0.717, 1.165) is 31.9 Å². The maximum absolute atomic E-state index is 5.18. The quantitative estimate of drug-likeness (QED) is 0.767. The van der Waals surface area contributed by atoms with Gasteiger partial charge in [0.1, 0.15) is 5.82 Å². The van der Waals surface area contributed by atoms with Gasteiger partial charge < -0.3 is 15.0 Å². The molecule has 1 aromatic rings. The molecule has 0 aliphatic carbocycles. The first-order valence-electron chi connectivity index (χ1n) is 6.58. The van der Waals surface area contributed by atoms with E-state index in [1.807, 2.05) is 19.3 Å². The van der Waals surface area contributed by atoms with Gasteiger partial charge in [-0.1, -0.05) is 6.92 Å². The number of ether oxygens (including phenoxy) is 1. The fraction of sp³-hybridized carbons (Fsp3) is 0.643. The molecule has 0 radical (unpaired) electrons. The first-order chi connectivity index (χ1) is 8.72. The lowest BCUT2D eigenvalue weighted by molar-refractivity contribution is 0.203. The highest BCUT2D eigenvalue weighted by Crippen LogP contribution is 2.17. The third kappa shape index (κ3) is 4.27. The van der Waals surface area contributed by atoms with E-state index >= 15 is 0 Å². The average molecular weight is 251 g/mol. The summed E-state index contributed by atoms with van der Waals surface area (Å²) < 4.78 is 5.18. The van der Waals surface area contributed by atoms with Gasteiger partial charge in [0.05, 0.1) is 6.61 Å². The molecule has 0 saturated heterocycles.